The second-order valence-corrected chi connectivity index (χ2v) is 5.80. The van der Waals surface area contributed by atoms with Crippen LogP contribution in [0, 0.1) is 11.8 Å². The van der Waals surface area contributed by atoms with E-state index < -0.39 is 24.1 Å². The fourth-order valence-corrected chi connectivity index (χ4v) is 2.83. The Morgan fingerprint density at radius 3 is 2.76 bits per heavy atom. The summed E-state index contributed by atoms with van der Waals surface area (Å²) >= 11 is 0. The predicted octanol–water partition coefficient (Wildman–Crippen LogP) is 1.91. The average Bonchev–Trinajstić information content (AvgIpc) is 2.68. The lowest BCUT2D eigenvalue weighted by Gasteiger charge is -2.17. The van der Waals surface area contributed by atoms with Crippen LogP contribution >= 0.6 is 0 Å². The summed E-state index contributed by atoms with van der Waals surface area (Å²) in [5.74, 6) is -1.85. The summed E-state index contributed by atoms with van der Waals surface area (Å²) in [5, 5.41) is 28.5. The highest BCUT2D eigenvalue weighted by atomic mass is 16.4. The number of unbranched alkanes of at least 4 members (excludes halogenated alkanes) is 2. The highest BCUT2D eigenvalue weighted by Crippen LogP contribution is 2.33. The Bertz CT molecular complexity index is 377. The van der Waals surface area contributed by atoms with Crippen molar-refractivity contribution >= 4 is 11.8 Å². The van der Waals surface area contributed by atoms with Crippen LogP contribution in [-0.4, -0.2) is 39.3 Å². The number of ketones is 1. The Hall–Kier alpha value is -1.20. The third-order valence-electron chi connectivity index (χ3n) is 4.06. The van der Waals surface area contributed by atoms with E-state index in [1.807, 2.05) is 0 Å². The van der Waals surface area contributed by atoms with Gasteiger partial charge in [-0.25, -0.2) is 0 Å². The number of hydrogen-bond donors (Lipinski definition) is 3. The number of aliphatic hydroxyl groups excluding tert-OH is 2. The van der Waals surface area contributed by atoms with Crippen molar-refractivity contribution in [2.75, 3.05) is 0 Å². The molecule has 21 heavy (non-hydrogen) atoms. The fourth-order valence-electron chi connectivity index (χ4n) is 2.83. The minimum atomic E-state index is -0.938. The third-order valence-corrected chi connectivity index (χ3v) is 4.06. The molecule has 1 aliphatic carbocycles. The first kappa shape index (κ1) is 17.9. The molecule has 0 spiro atoms. The van der Waals surface area contributed by atoms with E-state index in [1.54, 1.807) is 12.2 Å². The molecule has 1 saturated carbocycles. The maximum atomic E-state index is 11.8. The summed E-state index contributed by atoms with van der Waals surface area (Å²) in [6.07, 6.45) is 5.99. The van der Waals surface area contributed by atoms with Crippen LogP contribution in [-0.2, 0) is 9.59 Å². The minimum absolute atomic E-state index is 0.0746. The van der Waals surface area contributed by atoms with Gasteiger partial charge in [-0.15, -0.1) is 0 Å². The Morgan fingerprint density at radius 2 is 2.14 bits per heavy atom. The highest BCUT2D eigenvalue weighted by Gasteiger charge is 2.39. The number of aliphatic hydroxyl groups is 2. The largest absolute Gasteiger partial charge is 0.481 e. The number of rotatable bonds is 9. The van der Waals surface area contributed by atoms with Gasteiger partial charge in [-0.2, -0.15) is 0 Å². The Balaban J connectivity index is 2.55. The smallest absolute Gasteiger partial charge is 0.303 e. The number of aliphatic carboxylic acids is 1. The molecule has 0 aromatic carbocycles. The van der Waals surface area contributed by atoms with Gasteiger partial charge in [-0.3, -0.25) is 9.59 Å². The molecule has 5 heteroatoms. The number of carbonyl (C=O) groups is 2. The van der Waals surface area contributed by atoms with Crippen molar-refractivity contribution in [2.45, 2.75) is 64.1 Å². The maximum absolute atomic E-state index is 11.8. The molecule has 3 N–H and O–H groups in total. The summed E-state index contributed by atoms with van der Waals surface area (Å²) in [6.45, 7) is 2.09. The first-order chi connectivity index (χ1) is 9.95. The van der Waals surface area contributed by atoms with Gasteiger partial charge in [0.05, 0.1) is 12.2 Å². The van der Waals surface area contributed by atoms with Gasteiger partial charge in [0.1, 0.15) is 5.78 Å². The molecule has 1 rings (SSSR count). The molecular formula is C16H26O5. The van der Waals surface area contributed by atoms with Crippen LogP contribution in [0.4, 0.5) is 0 Å². The average molecular weight is 298 g/mol. The van der Waals surface area contributed by atoms with Crippen molar-refractivity contribution in [3.05, 3.63) is 12.2 Å². The van der Waals surface area contributed by atoms with Gasteiger partial charge >= 0.3 is 5.97 Å². The molecule has 4 atom stereocenters. The summed E-state index contributed by atoms with van der Waals surface area (Å²) in [4.78, 5) is 22.4. The number of Topliss-reactive ketones (excluding diaryl/α,β-unsaturated/α-hetero) is 1. The zero-order valence-corrected chi connectivity index (χ0v) is 12.6. The molecule has 1 aliphatic rings. The number of hydrogen-bond acceptors (Lipinski definition) is 4. The Morgan fingerprint density at radius 1 is 1.43 bits per heavy atom. The summed E-state index contributed by atoms with van der Waals surface area (Å²) in [7, 11) is 0. The quantitative estimate of drug-likeness (QED) is 0.446. The van der Waals surface area contributed by atoms with Crippen molar-refractivity contribution in [3.8, 4) is 0 Å². The van der Waals surface area contributed by atoms with Gasteiger partial charge in [-0.1, -0.05) is 38.3 Å². The topological polar surface area (TPSA) is 94.8 Å². The van der Waals surface area contributed by atoms with Crippen molar-refractivity contribution < 1.29 is 24.9 Å². The number of carbonyl (C=O) groups excluding carboxylic acids is 1. The van der Waals surface area contributed by atoms with Crippen molar-refractivity contribution in [3.63, 3.8) is 0 Å². The fraction of sp³-hybridized carbons (Fsp3) is 0.750. The molecule has 0 bridgehead atoms. The first-order valence-electron chi connectivity index (χ1n) is 7.74. The predicted molar refractivity (Wildman–Crippen MR) is 78.8 cm³/mol. The Kier molecular flexibility index (Phi) is 7.61. The molecule has 0 aromatic heterocycles. The van der Waals surface area contributed by atoms with Gasteiger partial charge < -0.3 is 15.3 Å². The summed E-state index contributed by atoms with van der Waals surface area (Å²) in [5.41, 5.74) is 0. The van der Waals surface area contributed by atoms with Crippen LogP contribution in [0.25, 0.3) is 0 Å². The monoisotopic (exact) mass is 298 g/mol. The van der Waals surface area contributed by atoms with Crippen molar-refractivity contribution in [2.24, 2.45) is 11.8 Å². The lowest BCUT2D eigenvalue weighted by Crippen LogP contribution is -2.20. The zero-order valence-electron chi connectivity index (χ0n) is 12.6. The molecule has 0 saturated heterocycles. The standard InChI is InChI=1S/C16H26O5/c1-2-3-4-5-11(17)6-7-12-13(8-9-16(20)21)15(19)10-14(12)18/h6-7,11-14,17-18H,2-5,8-10H2,1H3,(H,20,21)/b7-6+/t11-,12+,13+,14+/m0/s1. The van der Waals surface area contributed by atoms with Crippen LogP contribution < -0.4 is 0 Å². The normalized spacial score (nSPS) is 27.4. The second kappa shape index (κ2) is 8.95. The molecule has 0 aromatic rings. The molecule has 0 radical (unpaired) electrons. The third kappa shape index (κ3) is 5.98. The Labute approximate surface area is 125 Å². The van der Waals surface area contributed by atoms with E-state index in [1.165, 1.54) is 0 Å². The lowest BCUT2D eigenvalue weighted by molar-refractivity contribution is -0.137. The van der Waals surface area contributed by atoms with Gasteiger partial charge in [0.25, 0.3) is 0 Å². The lowest BCUT2D eigenvalue weighted by atomic mass is 9.89. The van der Waals surface area contributed by atoms with E-state index in [-0.39, 0.29) is 31.0 Å². The van der Waals surface area contributed by atoms with Gasteiger partial charge in [0.2, 0.25) is 0 Å². The van der Waals surface area contributed by atoms with Crippen LogP contribution in [0.1, 0.15) is 51.9 Å². The van der Waals surface area contributed by atoms with E-state index >= 15 is 0 Å². The minimum Gasteiger partial charge on any atom is -0.481 e. The van der Waals surface area contributed by atoms with Gasteiger partial charge in [-0.05, 0) is 12.8 Å². The SMILES string of the molecule is CCCCC[C@H](O)/C=C/[C@H]1[C@H](O)CC(=O)[C@@H]1CCC(=O)O. The zero-order chi connectivity index (χ0) is 15.8. The first-order valence-corrected chi connectivity index (χ1v) is 7.74. The number of carboxylic acids is 1. The molecule has 120 valence electrons. The van der Waals surface area contributed by atoms with E-state index in [4.69, 9.17) is 5.11 Å². The van der Waals surface area contributed by atoms with Crippen molar-refractivity contribution in [1.29, 1.82) is 0 Å². The van der Waals surface area contributed by atoms with Crippen molar-refractivity contribution in [1.82, 2.24) is 0 Å². The second-order valence-electron chi connectivity index (χ2n) is 5.80. The maximum Gasteiger partial charge on any atom is 0.303 e. The van der Waals surface area contributed by atoms with Crippen LogP contribution in [0.15, 0.2) is 12.2 Å². The number of carboxylic acid groups (broad SMARTS) is 1. The molecule has 0 aliphatic heterocycles. The summed E-state index contributed by atoms with van der Waals surface area (Å²) < 4.78 is 0. The molecule has 0 unspecified atom stereocenters. The molecular weight excluding hydrogens is 272 g/mol. The van der Waals surface area contributed by atoms with Crippen LogP contribution in [0.3, 0.4) is 0 Å². The van der Waals surface area contributed by atoms with E-state index in [9.17, 15) is 19.8 Å². The molecule has 1 fully saturated rings. The van der Waals surface area contributed by atoms with Gasteiger partial charge in [0.15, 0.2) is 0 Å². The van der Waals surface area contributed by atoms with E-state index in [0.717, 1.165) is 19.3 Å². The van der Waals surface area contributed by atoms with Gasteiger partial charge in [0, 0.05) is 24.7 Å². The summed E-state index contributed by atoms with van der Waals surface area (Å²) in [6, 6.07) is 0. The molecule has 5 nitrogen and oxygen atoms in total. The van der Waals surface area contributed by atoms with E-state index in [0.29, 0.717) is 6.42 Å². The van der Waals surface area contributed by atoms with Crippen LogP contribution in [0.2, 0.25) is 0 Å². The highest BCUT2D eigenvalue weighted by molar-refractivity contribution is 5.85. The van der Waals surface area contributed by atoms with Crippen LogP contribution in [0.5, 0.6) is 0 Å². The molecule has 0 amide bonds. The van der Waals surface area contributed by atoms with E-state index in [2.05, 4.69) is 6.92 Å². The molecule has 0 heterocycles.